The first kappa shape index (κ1) is 20.4. The quantitative estimate of drug-likeness (QED) is 0.212. The summed E-state index contributed by atoms with van der Waals surface area (Å²) in [4.78, 5) is 19.7. The summed E-state index contributed by atoms with van der Waals surface area (Å²) >= 11 is 0. The molecule has 1 aromatic carbocycles. The van der Waals surface area contributed by atoms with E-state index in [0.29, 0.717) is 43.1 Å². The van der Waals surface area contributed by atoms with Gasteiger partial charge >= 0.3 is 0 Å². The molecule has 0 saturated heterocycles. The van der Waals surface area contributed by atoms with Gasteiger partial charge in [-0.2, -0.15) is 10.1 Å². The van der Waals surface area contributed by atoms with Crippen LogP contribution in [0.15, 0.2) is 53.3 Å². The van der Waals surface area contributed by atoms with Crippen LogP contribution in [0.2, 0.25) is 0 Å². The van der Waals surface area contributed by atoms with Crippen LogP contribution in [0.25, 0.3) is 22.5 Å². The number of carbonyl (C=O) groups is 1. The number of carbonyl (C=O) groups excluding carboxylic acids is 1. The minimum atomic E-state index is -0.395. The van der Waals surface area contributed by atoms with Gasteiger partial charge in [-0.25, -0.2) is 15.1 Å². The van der Waals surface area contributed by atoms with Crippen molar-refractivity contribution in [1.82, 2.24) is 25.2 Å². The van der Waals surface area contributed by atoms with Crippen LogP contribution in [0.1, 0.15) is 24.8 Å². The molecule has 3 aromatic heterocycles. The van der Waals surface area contributed by atoms with Gasteiger partial charge in [-0.3, -0.25) is 10.0 Å². The van der Waals surface area contributed by atoms with Crippen LogP contribution in [-0.4, -0.2) is 37.5 Å². The number of nitrogens with zero attached hydrogens (tertiary/aromatic N) is 4. The molecule has 0 bridgehead atoms. The molecule has 4 N–H and O–H groups in total. The van der Waals surface area contributed by atoms with Crippen molar-refractivity contribution < 1.29 is 19.2 Å². The number of hydroxylamine groups is 1. The number of furan rings is 1. The Kier molecular flexibility index (Phi) is 6.08. The van der Waals surface area contributed by atoms with Gasteiger partial charge < -0.3 is 14.9 Å². The second-order valence-electron chi connectivity index (χ2n) is 6.94. The minimum Gasteiger partial charge on any atom is -0.494 e. The number of nitrogens with two attached hydrogens (primary N) is 1. The molecule has 0 fully saturated rings. The lowest BCUT2D eigenvalue weighted by Gasteiger charge is -2.09. The topological polar surface area (TPSA) is 141 Å². The standard InChI is InChI=1S/C21H22N6O4/c22-21-24-19(17-7-4-10-31-17)16-12-23-27(20(16)25-21)13-14-5-3-6-15(11-14)30-9-2-1-8-18(28)26-29/h3-7,10-12,29H,1-2,8-9,13H2,(H,26,28)(H2,22,24,25). The predicted octanol–water partition coefficient (Wildman–Crippen LogP) is 2.77. The summed E-state index contributed by atoms with van der Waals surface area (Å²) in [7, 11) is 0. The number of nitrogen functional groups attached to an aromatic ring is 1. The molecule has 0 atom stereocenters. The van der Waals surface area contributed by atoms with Crippen LogP contribution in [0.5, 0.6) is 5.75 Å². The maximum Gasteiger partial charge on any atom is 0.243 e. The third-order valence-electron chi connectivity index (χ3n) is 4.69. The zero-order valence-electron chi connectivity index (χ0n) is 16.7. The fourth-order valence-electron chi connectivity index (χ4n) is 3.23. The molecular weight excluding hydrogens is 400 g/mol. The maximum atomic E-state index is 11.0. The number of amides is 1. The van der Waals surface area contributed by atoms with E-state index in [1.54, 1.807) is 28.7 Å². The number of unbranched alkanes of at least 4 members (excludes halogenated alkanes) is 1. The van der Waals surface area contributed by atoms with Crippen molar-refractivity contribution in [1.29, 1.82) is 0 Å². The monoisotopic (exact) mass is 422 g/mol. The smallest absolute Gasteiger partial charge is 0.243 e. The second kappa shape index (κ2) is 9.26. The Morgan fingerprint density at radius 2 is 2.13 bits per heavy atom. The summed E-state index contributed by atoms with van der Waals surface area (Å²) in [5, 5.41) is 13.7. The molecule has 1 amide bonds. The van der Waals surface area contributed by atoms with Crippen LogP contribution in [0, 0.1) is 0 Å². The maximum absolute atomic E-state index is 11.0. The first-order chi connectivity index (χ1) is 15.1. The normalized spacial score (nSPS) is 11.0. The van der Waals surface area contributed by atoms with Gasteiger partial charge in [0, 0.05) is 6.42 Å². The Bertz CT molecular complexity index is 1170. The van der Waals surface area contributed by atoms with Crippen molar-refractivity contribution in [3.05, 3.63) is 54.4 Å². The fraction of sp³-hybridized carbons (Fsp3) is 0.238. The highest BCUT2D eigenvalue weighted by molar-refractivity contribution is 5.89. The molecule has 3 heterocycles. The van der Waals surface area contributed by atoms with E-state index in [4.69, 9.17) is 20.1 Å². The highest BCUT2D eigenvalue weighted by Crippen LogP contribution is 2.27. The molecule has 4 rings (SSSR count). The molecule has 0 aliphatic carbocycles. The zero-order valence-corrected chi connectivity index (χ0v) is 16.7. The third-order valence-corrected chi connectivity index (χ3v) is 4.69. The van der Waals surface area contributed by atoms with Crippen LogP contribution >= 0.6 is 0 Å². The number of anilines is 1. The van der Waals surface area contributed by atoms with Gasteiger partial charge in [0.25, 0.3) is 0 Å². The Hall–Kier alpha value is -3.92. The van der Waals surface area contributed by atoms with Crippen LogP contribution in [0.3, 0.4) is 0 Å². The first-order valence-electron chi connectivity index (χ1n) is 9.81. The average Bonchev–Trinajstić information content (AvgIpc) is 3.44. The van der Waals surface area contributed by atoms with Crippen LogP contribution in [0.4, 0.5) is 5.95 Å². The van der Waals surface area contributed by atoms with E-state index in [9.17, 15) is 4.79 Å². The molecule has 0 aliphatic rings. The first-order valence-corrected chi connectivity index (χ1v) is 9.81. The Morgan fingerprint density at radius 3 is 2.94 bits per heavy atom. The highest BCUT2D eigenvalue weighted by atomic mass is 16.5. The van der Waals surface area contributed by atoms with E-state index >= 15 is 0 Å². The van der Waals surface area contributed by atoms with Gasteiger partial charge in [0.05, 0.1) is 31.0 Å². The number of hydrogen-bond donors (Lipinski definition) is 3. The Balaban J connectivity index is 1.46. The number of aromatic nitrogens is 4. The number of hydrogen-bond acceptors (Lipinski definition) is 8. The van der Waals surface area contributed by atoms with Crippen LogP contribution in [-0.2, 0) is 11.3 Å². The van der Waals surface area contributed by atoms with Crippen molar-refractivity contribution in [3.8, 4) is 17.2 Å². The van der Waals surface area contributed by atoms with Gasteiger partial charge in [0.15, 0.2) is 11.4 Å². The lowest BCUT2D eigenvalue weighted by molar-refractivity contribution is -0.129. The molecule has 0 saturated carbocycles. The molecular formula is C21H22N6O4. The minimum absolute atomic E-state index is 0.146. The van der Waals surface area contributed by atoms with Gasteiger partial charge in [-0.15, -0.1) is 0 Å². The van der Waals surface area contributed by atoms with Crippen molar-refractivity contribution in [2.45, 2.75) is 25.8 Å². The summed E-state index contributed by atoms with van der Waals surface area (Å²) in [6.07, 6.45) is 4.88. The van der Waals surface area contributed by atoms with Gasteiger partial charge in [0.1, 0.15) is 11.4 Å². The molecule has 0 spiro atoms. The summed E-state index contributed by atoms with van der Waals surface area (Å²) in [6.45, 7) is 0.953. The number of benzene rings is 1. The number of nitrogens with one attached hydrogen (secondary N) is 1. The summed E-state index contributed by atoms with van der Waals surface area (Å²) in [5.74, 6) is 1.08. The second-order valence-corrected chi connectivity index (χ2v) is 6.94. The van der Waals surface area contributed by atoms with Gasteiger partial charge in [-0.05, 0) is 42.7 Å². The van der Waals surface area contributed by atoms with Crippen molar-refractivity contribution in [3.63, 3.8) is 0 Å². The van der Waals surface area contributed by atoms with Crippen molar-refractivity contribution in [2.24, 2.45) is 0 Å². The lowest BCUT2D eigenvalue weighted by Crippen LogP contribution is -2.18. The third kappa shape index (κ3) is 4.81. The van der Waals surface area contributed by atoms with Gasteiger partial charge in [-0.1, -0.05) is 12.1 Å². The average molecular weight is 422 g/mol. The fourth-order valence-corrected chi connectivity index (χ4v) is 3.23. The van der Waals surface area contributed by atoms with Gasteiger partial charge in [0.2, 0.25) is 11.9 Å². The van der Waals surface area contributed by atoms with E-state index in [2.05, 4.69) is 15.1 Å². The molecule has 4 aromatic rings. The number of rotatable bonds is 9. The highest BCUT2D eigenvalue weighted by Gasteiger charge is 2.15. The lowest BCUT2D eigenvalue weighted by atomic mass is 10.2. The van der Waals surface area contributed by atoms with E-state index in [0.717, 1.165) is 16.7 Å². The molecule has 0 radical (unpaired) electrons. The SMILES string of the molecule is Nc1nc(-c2ccco2)c2cnn(Cc3cccc(OCCCCC(=O)NO)c3)c2n1. The molecule has 0 aliphatic heterocycles. The summed E-state index contributed by atoms with van der Waals surface area (Å²) in [6, 6.07) is 11.3. The number of fused-ring (bicyclic) bond motifs is 1. The van der Waals surface area contributed by atoms with Crippen molar-refractivity contribution in [2.75, 3.05) is 12.3 Å². The van der Waals surface area contributed by atoms with Crippen molar-refractivity contribution >= 4 is 22.9 Å². The zero-order chi connectivity index (χ0) is 21.6. The molecule has 0 unspecified atom stereocenters. The van der Waals surface area contributed by atoms with E-state index in [-0.39, 0.29) is 12.4 Å². The molecule has 160 valence electrons. The van der Waals surface area contributed by atoms with E-state index < -0.39 is 5.91 Å². The Labute approximate surface area is 177 Å². The molecule has 10 nitrogen and oxygen atoms in total. The summed E-state index contributed by atoms with van der Waals surface area (Å²) < 4.78 is 13.0. The van der Waals surface area contributed by atoms with E-state index in [1.807, 2.05) is 30.3 Å². The molecule has 10 heteroatoms. The van der Waals surface area contributed by atoms with E-state index in [1.165, 1.54) is 0 Å². The largest absolute Gasteiger partial charge is 0.494 e. The Morgan fingerprint density at radius 1 is 1.23 bits per heavy atom. The van der Waals surface area contributed by atoms with Crippen LogP contribution < -0.4 is 16.0 Å². The predicted molar refractivity (Wildman–Crippen MR) is 112 cm³/mol. The summed E-state index contributed by atoms with van der Waals surface area (Å²) in [5.41, 5.74) is 9.74. The number of ether oxygens (including phenoxy) is 1. The molecule has 31 heavy (non-hydrogen) atoms.